The van der Waals surface area contributed by atoms with Crippen molar-refractivity contribution in [1.82, 2.24) is 10.2 Å². The average Bonchev–Trinajstić information content (AvgIpc) is 3.11. The van der Waals surface area contributed by atoms with Crippen molar-refractivity contribution in [2.75, 3.05) is 32.1 Å². The van der Waals surface area contributed by atoms with Gasteiger partial charge in [0.25, 0.3) is 0 Å². The fourth-order valence-corrected chi connectivity index (χ4v) is 4.17. The first-order valence-corrected chi connectivity index (χ1v) is 10.6. The highest BCUT2D eigenvalue weighted by Crippen LogP contribution is 2.25. The number of methoxy groups -OCH3 is 1. The molecule has 0 aliphatic carbocycles. The van der Waals surface area contributed by atoms with Gasteiger partial charge in [0.15, 0.2) is 0 Å². The SMILES string of the molecule is COc1ccc(NC(=O)C(=O)NCC(c2ccsc2)N2CCCCCC2)cc1. The summed E-state index contributed by atoms with van der Waals surface area (Å²) in [4.78, 5) is 27.0. The maximum atomic E-state index is 12.3. The van der Waals surface area contributed by atoms with Crippen LogP contribution in [0.1, 0.15) is 37.3 Å². The van der Waals surface area contributed by atoms with E-state index in [1.54, 1.807) is 42.7 Å². The summed E-state index contributed by atoms with van der Waals surface area (Å²) in [5.41, 5.74) is 1.76. The predicted octanol–water partition coefficient (Wildman–Crippen LogP) is 3.43. The molecule has 2 aromatic rings. The molecule has 0 saturated carbocycles. The molecule has 2 amide bonds. The maximum Gasteiger partial charge on any atom is 0.313 e. The van der Waals surface area contributed by atoms with Crippen molar-refractivity contribution < 1.29 is 14.3 Å². The second-order valence-electron chi connectivity index (χ2n) is 6.92. The van der Waals surface area contributed by atoms with Crippen LogP contribution >= 0.6 is 11.3 Å². The first-order valence-electron chi connectivity index (χ1n) is 9.67. The Morgan fingerprint density at radius 2 is 1.79 bits per heavy atom. The molecule has 1 unspecified atom stereocenters. The summed E-state index contributed by atoms with van der Waals surface area (Å²) in [6, 6.07) is 9.08. The van der Waals surface area contributed by atoms with E-state index in [-0.39, 0.29) is 6.04 Å². The van der Waals surface area contributed by atoms with Gasteiger partial charge in [0, 0.05) is 12.2 Å². The highest BCUT2D eigenvalue weighted by atomic mass is 32.1. The lowest BCUT2D eigenvalue weighted by Gasteiger charge is -2.30. The molecule has 1 aromatic carbocycles. The summed E-state index contributed by atoms with van der Waals surface area (Å²) >= 11 is 1.65. The van der Waals surface area contributed by atoms with Gasteiger partial charge in [0.05, 0.1) is 13.2 Å². The Morgan fingerprint density at radius 3 is 2.39 bits per heavy atom. The third-order valence-electron chi connectivity index (χ3n) is 5.02. The van der Waals surface area contributed by atoms with Crippen LogP contribution in [-0.4, -0.2) is 43.5 Å². The highest BCUT2D eigenvalue weighted by molar-refractivity contribution is 7.08. The average molecular weight is 402 g/mol. The molecule has 0 radical (unpaired) electrons. The number of carbonyl (C=O) groups is 2. The van der Waals surface area contributed by atoms with Crippen LogP contribution in [0.4, 0.5) is 5.69 Å². The van der Waals surface area contributed by atoms with Gasteiger partial charge >= 0.3 is 11.8 Å². The lowest BCUT2D eigenvalue weighted by Crippen LogP contribution is -2.42. The molecular weight excluding hydrogens is 374 g/mol. The van der Waals surface area contributed by atoms with E-state index in [4.69, 9.17) is 4.74 Å². The zero-order valence-electron chi connectivity index (χ0n) is 16.1. The van der Waals surface area contributed by atoms with E-state index in [1.165, 1.54) is 31.2 Å². The van der Waals surface area contributed by atoms with Gasteiger partial charge in [0.2, 0.25) is 0 Å². The van der Waals surface area contributed by atoms with Crippen molar-refractivity contribution in [2.45, 2.75) is 31.7 Å². The number of hydrogen-bond donors (Lipinski definition) is 2. The van der Waals surface area contributed by atoms with E-state index >= 15 is 0 Å². The Hall–Kier alpha value is -2.38. The van der Waals surface area contributed by atoms with Crippen LogP contribution < -0.4 is 15.4 Å². The van der Waals surface area contributed by atoms with Crippen LogP contribution in [-0.2, 0) is 9.59 Å². The Balaban J connectivity index is 1.58. The van der Waals surface area contributed by atoms with Crippen molar-refractivity contribution in [3.63, 3.8) is 0 Å². The number of likely N-dealkylation sites (tertiary alicyclic amines) is 1. The molecule has 1 aliphatic rings. The Labute approximate surface area is 169 Å². The molecule has 28 heavy (non-hydrogen) atoms. The second kappa shape index (κ2) is 10.2. The largest absolute Gasteiger partial charge is 0.497 e. The number of nitrogens with zero attached hydrogens (tertiary/aromatic N) is 1. The van der Waals surface area contributed by atoms with Crippen LogP contribution in [0.15, 0.2) is 41.1 Å². The summed E-state index contributed by atoms with van der Waals surface area (Å²) in [6.07, 6.45) is 4.85. The van der Waals surface area contributed by atoms with Crippen molar-refractivity contribution in [3.8, 4) is 5.75 Å². The van der Waals surface area contributed by atoms with E-state index in [0.29, 0.717) is 18.0 Å². The van der Waals surface area contributed by atoms with Crippen molar-refractivity contribution >= 4 is 28.8 Å². The molecule has 3 rings (SSSR count). The Bertz CT molecular complexity index is 754. The molecule has 2 heterocycles. The quantitative estimate of drug-likeness (QED) is 0.728. The lowest BCUT2D eigenvalue weighted by molar-refractivity contribution is -0.136. The zero-order valence-corrected chi connectivity index (χ0v) is 17.0. The summed E-state index contributed by atoms with van der Waals surface area (Å²) in [5.74, 6) is -0.588. The van der Waals surface area contributed by atoms with E-state index in [2.05, 4.69) is 32.4 Å². The smallest absolute Gasteiger partial charge is 0.313 e. The molecule has 1 fully saturated rings. The number of ether oxygens (including phenoxy) is 1. The first kappa shape index (κ1) is 20.4. The number of rotatable bonds is 6. The summed E-state index contributed by atoms with van der Waals surface area (Å²) in [5, 5.41) is 9.62. The molecule has 6 nitrogen and oxygen atoms in total. The minimum atomic E-state index is -0.662. The number of thiophene rings is 1. The maximum absolute atomic E-state index is 12.3. The van der Waals surface area contributed by atoms with Gasteiger partial charge in [-0.1, -0.05) is 12.8 Å². The fourth-order valence-electron chi connectivity index (χ4n) is 3.46. The minimum Gasteiger partial charge on any atom is -0.497 e. The number of carbonyl (C=O) groups excluding carboxylic acids is 2. The molecule has 150 valence electrons. The molecular formula is C21H27N3O3S. The molecule has 1 saturated heterocycles. The van der Waals surface area contributed by atoms with Crippen LogP contribution in [0.5, 0.6) is 5.75 Å². The van der Waals surface area contributed by atoms with E-state index in [0.717, 1.165) is 13.1 Å². The summed E-state index contributed by atoms with van der Waals surface area (Å²) in [7, 11) is 1.58. The second-order valence-corrected chi connectivity index (χ2v) is 7.70. The van der Waals surface area contributed by atoms with E-state index < -0.39 is 11.8 Å². The van der Waals surface area contributed by atoms with Crippen molar-refractivity contribution in [3.05, 3.63) is 46.7 Å². The third-order valence-corrected chi connectivity index (χ3v) is 5.72. The van der Waals surface area contributed by atoms with Gasteiger partial charge in [-0.3, -0.25) is 14.5 Å². The summed E-state index contributed by atoms with van der Waals surface area (Å²) in [6.45, 7) is 2.47. The number of hydrogen-bond acceptors (Lipinski definition) is 5. The lowest BCUT2D eigenvalue weighted by atomic mass is 10.1. The number of anilines is 1. The Kier molecular flexibility index (Phi) is 7.45. The van der Waals surface area contributed by atoms with Gasteiger partial charge in [-0.25, -0.2) is 0 Å². The topological polar surface area (TPSA) is 70.7 Å². The van der Waals surface area contributed by atoms with Crippen molar-refractivity contribution in [2.24, 2.45) is 0 Å². The summed E-state index contributed by atoms with van der Waals surface area (Å²) < 4.78 is 5.09. The fraction of sp³-hybridized carbons (Fsp3) is 0.429. The van der Waals surface area contributed by atoms with Gasteiger partial charge in [0.1, 0.15) is 5.75 Å². The van der Waals surface area contributed by atoms with Gasteiger partial charge in [-0.2, -0.15) is 11.3 Å². The molecule has 1 aromatic heterocycles. The first-order chi connectivity index (χ1) is 13.7. The molecule has 1 atom stereocenters. The number of amides is 2. The molecule has 7 heteroatoms. The normalized spacial score (nSPS) is 16.0. The molecule has 0 bridgehead atoms. The number of nitrogens with one attached hydrogen (secondary N) is 2. The predicted molar refractivity (Wildman–Crippen MR) is 112 cm³/mol. The van der Waals surface area contributed by atoms with Crippen molar-refractivity contribution in [1.29, 1.82) is 0 Å². The third kappa shape index (κ3) is 5.56. The van der Waals surface area contributed by atoms with Crippen LogP contribution in [0.2, 0.25) is 0 Å². The van der Waals surface area contributed by atoms with Crippen LogP contribution in [0, 0.1) is 0 Å². The van der Waals surface area contributed by atoms with Crippen LogP contribution in [0.3, 0.4) is 0 Å². The Morgan fingerprint density at radius 1 is 1.07 bits per heavy atom. The van der Waals surface area contributed by atoms with E-state index in [9.17, 15) is 9.59 Å². The highest BCUT2D eigenvalue weighted by Gasteiger charge is 2.24. The van der Waals surface area contributed by atoms with Gasteiger partial charge in [-0.15, -0.1) is 0 Å². The molecule has 0 spiro atoms. The van der Waals surface area contributed by atoms with Gasteiger partial charge < -0.3 is 15.4 Å². The van der Waals surface area contributed by atoms with E-state index in [1.807, 2.05) is 0 Å². The number of benzene rings is 1. The molecule has 2 N–H and O–H groups in total. The molecule has 1 aliphatic heterocycles. The van der Waals surface area contributed by atoms with Gasteiger partial charge in [-0.05, 0) is 72.6 Å². The standard InChI is InChI=1S/C21H27N3O3S/c1-27-18-8-6-17(7-9-18)23-21(26)20(25)22-14-19(16-10-13-28-15-16)24-11-4-2-3-5-12-24/h6-10,13,15,19H,2-5,11-12,14H2,1H3,(H,22,25)(H,23,26). The zero-order chi connectivity index (χ0) is 19.8. The van der Waals surface area contributed by atoms with Crippen LogP contribution in [0.25, 0.3) is 0 Å². The minimum absolute atomic E-state index is 0.0992. The monoisotopic (exact) mass is 401 g/mol.